The Hall–Kier alpha value is -0.770. The molecule has 120 valence electrons. The highest BCUT2D eigenvalue weighted by Crippen LogP contribution is 2.28. The molecule has 0 bridgehead atoms. The Morgan fingerprint density at radius 2 is 2.19 bits per heavy atom. The Kier molecular flexibility index (Phi) is 4.86. The summed E-state index contributed by atoms with van der Waals surface area (Å²) in [6, 6.07) is 0. The van der Waals surface area contributed by atoms with E-state index in [0.29, 0.717) is 6.54 Å². The fraction of sp³-hybridized carbons (Fsp3) is 0.833. The Bertz CT molecular complexity index is 579. The van der Waals surface area contributed by atoms with Crippen molar-refractivity contribution in [2.45, 2.75) is 39.0 Å². The van der Waals surface area contributed by atoms with Gasteiger partial charge < -0.3 is 4.90 Å². The van der Waals surface area contributed by atoms with E-state index in [1.165, 1.54) is 11.5 Å². The quantitative estimate of drug-likeness (QED) is 0.850. The van der Waals surface area contributed by atoms with Crippen LogP contribution in [-0.2, 0) is 15.6 Å². The van der Waals surface area contributed by atoms with E-state index >= 15 is 0 Å². The first-order chi connectivity index (χ1) is 9.65. The van der Waals surface area contributed by atoms with Gasteiger partial charge in [0.05, 0.1) is 0 Å². The lowest BCUT2D eigenvalue weighted by Gasteiger charge is -2.32. The number of nitrogens with one attached hydrogen (secondary N) is 1. The second-order valence-electron chi connectivity index (χ2n) is 6.50. The predicted octanol–water partition coefficient (Wildman–Crippen LogP) is 0.845. The minimum Gasteiger partial charge on any atom is -0.347 e. The van der Waals surface area contributed by atoms with Crippen molar-refractivity contribution in [3.8, 4) is 0 Å². The molecule has 1 atom stereocenters. The second kappa shape index (κ2) is 6.15. The first-order valence-electron chi connectivity index (χ1n) is 7.02. The van der Waals surface area contributed by atoms with E-state index < -0.39 is 10.2 Å². The third-order valence-electron chi connectivity index (χ3n) is 3.45. The molecule has 0 saturated carbocycles. The van der Waals surface area contributed by atoms with Gasteiger partial charge in [0.25, 0.3) is 10.2 Å². The van der Waals surface area contributed by atoms with Gasteiger partial charge in [-0.2, -0.15) is 12.8 Å². The zero-order valence-electron chi connectivity index (χ0n) is 12.7. The molecule has 1 aliphatic rings. The van der Waals surface area contributed by atoms with Gasteiger partial charge in [-0.05, 0) is 18.8 Å². The van der Waals surface area contributed by atoms with Crippen LogP contribution in [0, 0.1) is 5.92 Å². The molecule has 0 spiro atoms. The van der Waals surface area contributed by atoms with Crippen LogP contribution in [-0.4, -0.2) is 37.4 Å². The first-order valence-corrected chi connectivity index (χ1v) is 9.33. The average molecular weight is 333 g/mol. The van der Waals surface area contributed by atoms with Gasteiger partial charge in [0.15, 0.2) is 0 Å². The predicted molar refractivity (Wildman–Crippen MR) is 84.7 cm³/mol. The van der Waals surface area contributed by atoms with E-state index in [1.807, 2.05) is 0 Å². The number of anilines is 1. The highest BCUT2D eigenvalue weighted by atomic mass is 32.2. The minimum atomic E-state index is -3.61. The first kappa shape index (κ1) is 16.6. The molecule has 1 aromatic heterocycles. The monoisotopic (exact) mass is 333 g/mol. The number of nitrogens with two attached hydrogens (primary N) is 1. The lowest BCUT2D eigenvalue weighted by atomic mass is 9.96. The summed E-state index contributed by atoms with van der Waals surface area (Å²) in [5.41, 5.74) is -0.0564. The van der Waals surface area contributed by atoms with Crippen LogP contribution in [0.25, 0.3) is 0 Å². The molecule has 0 radical (unpaired) electrons. The maximum absolute atomic E-state index is 11.0. The van der Waals surface area contributed by atoms with Crippen LogP contribution >= 0.6 is 11.5 Å². The molecule has 1 saturated heterocycles. The standard InChI is InChI=1S/C12H23N5O2S2/c1-12(2,3)10-15-11(20-16-10)17-6-4-5-9(8-17)7-14-21(13,18)19/h9,14H,4-8H2,1-3H3,(H2,13,18,19). The zero-order chi connectivity index (χ0) is 15.7. The topological polar surface area (TPSA) is 101 Å². The summed E-state index contributed by atoms with van der Waals surface area (Å²) in [5.74, 6) is 1.10. The van der Waals surface area contributed by atoms with E-state index in [9.17, 15) is 8.42 Å². The molecule has 0 amide bonds. The number of piperidine rings is 1. The molecular formula is C12H23N5O2S2. The molecule has 2 heterocycles. The molecule has 2 rings (SSSR count). The number of aromatic nitrogens is 2. The third-order valence-corrected chi connectivity index (χ3v) is 4.79. The molecular weight excluding hydrogens is 310 g/mol. The summed E-state index contributed by atoms with van der Waals surface area (Å²) in [5, 5.41) is 5.89. The summed E-state index contributed by atoms with van der Waals surface area (Å²) in [6.07, 6.45) is 2.01. The van der Waals surface area contributed by atoms with Crippen LogP contribution in [0.4, 0.5) is 5.13 Å². The van der Waals surface area contributed by atoms with Gasteiger partial charge in [-0.3, -0.25) is 0 Å². The van der Waals surface area contributed by atoms with Crippen LogP contribution < -0.4 is 14.8 Å². The number of nitrogens with zero attached hydrogens (tertiary/aromatic N) is 3. The van der Waals surface area contributed by atoms with Crippen LogP contribution in [0.2, 0.25) is 0 Å². The van der Waals surface area contributed by atoms with E-state index in [2.05, 4.69) is 39.8 Å². The van der Waals surface area contributed by atoms with Gasteiger partial charge in [-0.15, -0.1) is 0 Å². The molecule has 3 N–H and O–H groups in total. The van der Waals surface area contributed by atoms with E-state index in [0.717, 1.165) is 36.9 Å². The lowest BCUT2D eigenvalue weighted by Crippen LogP contribution is -2.42. The summed E-state index contributed by atoms with van der Waals surface area (Å²) < 4.78 is 28.8. The highest BCUT2D eigenvalue weighted by molar-refractivity contribution is 7.87. The number of rotatable bonds is 4. The van der Waals surface area contributed by atoms with Crippen LogP contribution in [0.1, 0.15) is 39.4 Å². The van der Waals surface area contributed by atoms with Gasteiger partial charge >= 0.3 is 0 Å². The van der Waals surface area contributed by atoms with Crippen LogP contribution in [0.15, 0.2) is 0 Å². The summed E-state index contributed by atoms with van der Waals surface area (Å²) in [4.78, 5) is 6.80. The van der Waals surface area contributed by atoms with Crippen molar-refractivity contribution in [2.24, 2.45) is 11.1 Å². The molecule has 1 unspecified atom stereocenters. The fourth-order valence-electron chi connectivity index (χ4n) is 2.29. The van der Waals surface area contributed by atoms with Gasteiger partial charge in [-0.1, -0.05) is 20.8 Å². The Labute approximate surface area is 130 Å². The van der Waals surface area contributed by atoms with E-state index in [4.69, 9.17) is 5.14 Å². The Morgan fingerprint density at radius 1 is 1.48 bits per heavy atom. The minimum absolute atomic E-state index is 0.0564. The Balaban J connectivity index is 1.99. The summed E-state index contributed by atoms with van der Waals surface area (Å²) >= 11 is 1.41. The number of hydrogen-bond donors (Lipinski definition) is 2. The molecule has 9 heteroatoms. The van der Waals surface area contributed by atoms with Gasteiger partial charge in [0, 0.05) is 36.6 Å². The molecule has 0 aliphatic carbocycles. The molecule has 1 aromatic rings. The molecule has 21 heavy (non-hydrogen) atoms. The van der Waals surface area contributed by atoms with Gasteiger partial charge in [0.2, 0.25) is 5.13 Å². The van der Waals surface area contributed by atoms with Crippen molar-refractivity contribution in [1.82, 2.24) is 14.1 Å². The van der Waals surface area contributed by atoms with Crippen molar-refractivity contribution < 1.29 is 8.42 Å². The zero-order valence-corrected chi connectivity index (χ0v) is 14.3. The SMILES string of the molecule is CC(C)(C)c1nsc(N2CCCC(CNS(N)(=O)=O)C2)n1. The van der Waals surface area contributed by atoms with Gasteiger partial charge in [0.1, 0.15) is 5.82 Å². The van der Waals surface area contributed by atoms with E-state index in [1.54, 1.807) is 0 Å². The van der Waals surface area contributed by atoms with Crippen molar-refractivity contribution in [3.05, 3.63) is 5.82 Å². The molecule has 1 aliphatic heterocycles. The Morgan fingerprint density at radius 3 is 2.76 bits per heavy atom. The largest absolute Gasteiger partial charge is 0.347 e. The maximum Gasteiger partial charge on any atom is 0.274 e. The second-order valence-corrected chi connectivity index (χ2v) is 8.61. The summed E-state index contributed by atoms with van der Waals surface area (Å²) in [6.45, 7) is 8.36. The van der Waals surface area contributed by atoms with Gasteiger partial charge in [-0.25, -0.2) is 14.8 Å². The average Bonchev–Trinajstić information content (AvgIpc) is 2.85. The normalized spacial score (nSPS) is 20.8. The van der Waals surface area contributed by atoms with Crippen molar-refractivity contribution in [2.75, 3.05) is 24.5 Å². The third kappa shape index (κ3) is 4.87. The van der Waals surface area contributed by atoms with Crippen molar-refractivity contribution >= 4 is 26.9 Å². The van der Waals surface area contributed by atoms with Crippen molar-refractivity contribution in [1.29, 1.82) is 0 Å². The number of hydrogen-bond acceptors (Lipinski definition) is 6. The lowest BCUT2D eigenvalue weighted by molar-refractivity contribution is 0.410. The maximum atomic E-state index is 11.0. The van der Waals surface area contributed by atoms with Crippen LogP contribution in [0.5, 0.6) is 0 Å². The van der Waals surface area contributed by atoms with E-state index in [-0.39, 0.29) is 11.3 Å². The fourth-order valence-corrected chi connectivity index (χ4v) is 3.65. The summed E-state index contributed by atoms with van der Waals surface area (Å²) in [7, 11) is -3.61. The molecule has 1 fully saturated rings. The molecule has 7 nitrogen and oxygen atoms in total. The highest BCUT2D eigenvalue weighted by Gasteiger charge is 2.25. The van der Waals surface area contributed by atoms with Crippen molar-refractivity contribution in [3.63, 3.8) is 0 Å². The molecule has 0 aromatic carbocycles. The smallest absolute Gasteiger partial charge is 0.274 e. The van der Waals surface area contributed by atoms with Crippen LogP contribution in [0.3, 0.4) is 0 Å².